The zero-order chi connectivity index (χ0) is 20.2. The molecule has 1 aromatic heterocycles. The van der Waals surface area contributed by atoms with E-state index in [0.29, 0.717) is 12.5 Å². The summed E-state index contributed by atoms with van der Waals surface area (Å²) in [6, 6.07) is 20.4. The molecule has 2 aromatic carbocycles. The van der Waals surface area contributed by atoms with Crippen molar-refractivity contribution in [2.45, 2.75) is 30.2 Å². The summed E-state index contributed by atoms with van der Waals surface area (Å²) in [6.07, 6.45) is 4.43. The fourth-order valence-corrected chi connectivity index (χ4v) is 3.77. The Kier molecular flexibility index (Phi) is 6.02. The SMILES string of the molecule is CSc1ccc(CN(C)CC(=O)Nc2cc(C3CC3)nn2-c2ccccc2)cc1. The van der Waals surface area contributed by atoms with Crippen molar-refractivity contribution < 1.29 is 4.79 Å². The molecule has 150 valence electrons. The number of anilines is 1. The lowest BCUT2D eigenvalue weighted by Gasteiger charge is -2.17. The summed E-state index contributed by atoms with van der Waals surface area (Å²) in [5, 5.41) is 7.81. The van der Waals surface area contributed by atoms with Crippen LogP contribution in [0.25, 0.3) is 5.69 Å². The number of carbonyl (C=O) groups excluding carboxylic acids is 1. The van der Waals surface area contributed by atoms with Crippen molar-refractivity contribution in [3.63, 3.8) is 0 Å². The van der Waals surface area contributed by atoms with Gasteiger partial charge in [-0.3, -0.25) is 9.69 Å². The maximum Gasteiger partial charge on any atom is 0.239 e. The van der Waals surface area contributed by atoms with Crippen molar-refractivity contribution in [1.82, 2.24) is 14.7 Å². The summed E-state index contributed by atoms with van der Waals surface area (Å²) in [4.78, 5) is 16.0. The van der Waals surface area contributed by atoms with Crippen LogP contribution in [0.1, 0.15) is 30.0 Å². The van der Waals surface area contributed by atoms with Crippen LogP contribution >= 0.6 is 11.8 Å². The first-order chi connectivity index (χ1) is 14.1. The number of amides is 1. The highest BCUT2D eigenvalue weighted by molar-refractivity contribution is 7.98. The van der Waals surface area contributed by atoms with Gasteiger partial charge in [-0.25, -0.2) is 4.68 Å². The molecule has 0 aliphatic heterocycles. The molecule has 0 unspecified atom stereocenters. The van der Waals surface area contributed by atoms with Gasteiger partial charge in [-0.1, -0.05) is 30.3 Å². The molecule has 1 aliphatic rings. The molecule has 1 heterocycles. The molecule has 5 nitrogen and oxygen atoms in total. The van der Waals surface area contributed by atoms with Crippen LogP contribution in [-0.4, -0.2) is 40.4 Å². The molecule has 0 spiro atoms. The van der Waals surface area contributed by atoms with E-state index in [1.165, 1.54) is 23.3 Å². The number of nitrogens with zero attached hydrogens (tertiary/aromatic N) is 3. The summed E-state index contributed by atoms with van der Waals surface area (Å²) in [7, 11) is 1.96. The summed E-state index contributed by atoms with van der Waals surface area (Å²) in [6.45, 7) is 1.05. The molecule has 0 bridgehead atoms. The molecule has 0 saturated heterocycles. The standard InChI is InChI=1S/C23H26N4OS/c1-26(15-17-8-12-20(29-2)13-9-17)16-23(28)24-22-14-21(18-10-11-18)25-27(22)19-6-4-3-5-7-19/h3-9,12-14,18H,10-11,15-16H2,1-2H3,(H,24,28). The smallest absolute Gasteiger partial charge is 0.239 e. The van der Waals surface area contributed by atoms with Gasteiger partial charge in [-0.2, -0.15) is 5.10 Å². The van der Waals surface area contributed by atoms with Crippen molar-refractivity contribution in [3.8, 4) is 5.69 Å². The number of thioether (sulfide) groups is 1. The Labute approximate surface area is 176 Å². The highest BCUT2D eigenvalue weighted by Gasteiger charge is 2.28. The molecule has 1 saturated carbocycles. The first kappa shape index (κ1) is 19.7. The van der Waals surface area contributed by atoms with Crippen LogP contribution in [0, 0.1) is 0 Å². The number of hydrogen-bond acceptors (Lipinski definition) is 4. The van der Waals surface area contributed by atoms with Crippen molar-refractivity contribution >= 4 is 23.5 Å². The number of para-hydroxylation sites is 1. The summed E-state index contributed by atoms with van der Waals surface area (Å²) < 4.78 is 1.84. The van der Waals surface area contributed by atoms with Gasteiger partial charge in [-0.05, 0) is 56.0 Å². The monoisotopic (exact) mass is 406 g/mol. The van der Waals surface area contributed by atoms with Crippen molar-refractivity contribution in [3.05, 3.63) is 71.9 Å². The molecule has 1 aliphatic carbocycles. The van der Waals surface area contributed by atoms with Crippen LogP contribution < -0.4 is 5.32 Å². The number of nitrogens with one attached hydrogen (secondary N) is 1. The summed E-state index contributed by atoms with van der Waals surface area (Å²) in [5.41, 5.74) is 3.21. The molecular formula is C23H26N4OS. The van der Waals surface area contributed by atoms with Crippen LogP contribution in [0.4, 0.5) is 5.82 Å². The normalized spacial score (nSPS) is 13.6. The van der Waals surface area contributed by atoms with E-state index < -0.39 is 0 Å². The predicted molar refractivity (Wildman–Crippen MR) is 119 cm³/mol. The zero-order valence-corrected chi connectivity index (χ0v) is 17.7. The number of carbonyl (C=O) groups is 1. The minimum absolute atomic E-state index is 0.0346. The van der Waals surface area contributed by atoms with E-state index in [1.54, 1.807) is 11.8 Å². The molecule has 1 fully saturated rings. The number of rotatable bonds is 8. The second-order valence-corrected chi connectivity index (χ2v) is 8.42. The van der Waals surface area contributed by atoms with Crippen molar-refractivity contribution in [2.24, 2.45) is 0 Å². The minimum atomic E-state index is -0.0346. The van der Waals surface area contributed by atoms with E-state index in [0.717, 1.165) is 23.7 Å². The van der Waals surface area contributed by atoms with E-state index in [-0.39, 0.29) is 5.91 Å². The van der Waals surface area contributed by atoms with Crippen LogP contribution in [0.5, 0.6) is 0 Å². The van der Waals surface area contributed by atoms with Gasteiger partial charge >= 0.3 is 0 Å². The Morgan fingerprint density at radius 2 is 1.90 bits per heavy atom. The molecule has 1 N–H and O–H groups in total. The van der Waals surface area contributed by atoms with E-state index in [2.05, 4.69) is 35.8 Å². The molecule has 0 atom stereocenters. The third-order valence-electron chi connectivity index (χ3n) is 5.02. The lowest BCUT2D eigenvalue weighted by atomic mass is 10.2. The Morgan fingerprint density at radius 1 is 1.17 bits per heavy atom. The van der Waals surface area contributed by atoms with Crippen molar-refractivity contribution in [1.29, 1.82) is 0 Å². The van der Waals surface area contributed by atoms with Crippen LogP contribution in [-0.2, 0) is 11.3 Å². The van der Waals surface area contributed by atoms with Gasteiger partial charge in [0.05, 0.1) is 17.9 Å². The summed E-state index contributed by atoms with van der Waals surface area (Å²) >= 11 is 1.73. The number of hydrogen-bond donors (Lipinski definition) is 1. The van der Waals surface area contributed by atoms with Gasteiger partial charge in [0.15, 0.2) is 0 Å². The van der Waals surface area contributed by atoms with Gasteiger partial charge in [-0.15, -0.1) is 11.8 Å². The molecule has 0 radical (unpaired) electrons. The van der Waals surface area contributed by atoms with Gasteiger partial charge in [0.2, 0.25) is 5.91 Å². The Hall–Kier alpha value is -2.57. The minimum Gasteiger partial charge on any atom is -0.309 e. The largest absolute Gasteiger partial charge is 0.309 e. The van der Waals surface area contributed by atoms with E-state index in [1.807, 2.05) is 53.0 Å². The zero-order valence-electron chi connectivity index (χ0n) is 16.8. The third-order valence-corrected chi connectivity index (χ3v) is 5.76. The Morgan fingerprint density at radius 3 is 2.55 bits per heavy atom. The average molecular weight is 407 g/mol. The lowest BCUT2D eigenvalue weighted by Crippen LogP contribution is -2.30. The fourth-order valence-electron chi connectivity index (χ4n) is 3.36. The van der Waals surface area contributed by atoms with Gasteiger partial charge in [0, 0.05) is 23.4 Å². The lowest BCUT2D eigenvalue weighted by molar-refractivity contribution is -0.117. The van der Waals surface area contributed by atoms with Crippen LogP contribution in [0.3, 0.4) is 0 Å². The number of likely N-dealkylation sites (N-methyl/N-ethyl adjacent to an activating group) is 1. The Balaban J connectivity index is 1.42. The van der Waals surface area contributed by atoms with Crippen molar-refractivity contribution in [2.75, 3.05) is 25.2 Å². The average Bonchev–Trinajstić information content (AvgIpc) is 3.50. The fraction of sp³-hybridized carbons (Fsp3) is 0.304. The molecule has 1 amide bonds. The van der Waals surface area contributed by atoms with Gasteiger partial charge in [0.25, 0.3) is 0 Å². The van der Waals surface area contributed by atoms with E-state index in [9.17, 15) is 4.79 Å². The predicted octanol–water partition coefficient (Wildman–Crippen LogP) is 4.54. The molecular weight excluding hydrogens is 380 g/mol. The first-order valence-electron chi connectivity index (χ1n) is 9.89. The highest BCUT2D eigenvalue weighted by atomic mass is 32.2. The second-order valence-electron chi connectivity index (χ2n) is 7.54. The van der Waals surface area contributed by atoms with E-state index >= 15 is 0 Å². The number of benzene rings is 2. The first-order valence-corrected chi connectivity index (χ1v) is 11.1. The molecule has 29 heavy (non-hydrogen) atoms. The summed E-state index contributed by atoms with van der Waals surface area (Å²) in [5.74, 6) is 1.23. The van der Waals surface area contributed by atoms with Gasteiger partial charge < -0.3 is 5.32 Å². The third kappa shape index (κ3) is 5.08. The maximum absolute atomic E-state index is 12.7. The molecule has 4 rings (SSSR count). The quantitative estimate of drug-likeness (QED) is 0.558. The number of aromatic nitrogens is 2. The topological polar surface area (TPSA) is 50.2 Å². The van der Waals surface area contributed by atoms with E-state index in [4.69, 9.17) is 5.10 Å². The maximum atomic E-state index is 12.7. The Bertz CT molecular complexity index is 964. The van der Waals surface area contributed by atoms with Gasteiger partial charge in [0.1, 0.15) is 5.82 Å². The van der Waals surface area contributed by atoms with Crippen LogP contribution in [0.15, 0.2) is 65.6 Å². The van der Waals surface area contributed by atoms with Crippen LogP contribution in [0.2, 0.25) is 0 Å². The highest BCUT2D eigenvalue weighted by Crippen LogP contribution is 2.40. The molecule has 3 aromatic rings. The molecule has 6 heteroatoms. The second kappa shape index (κ2) is 8.84.